The maximum Gasteiger partial charge on any atom is 0.319 e. The van der Waals surface area contributed by atoms with Crippen LogP contribution in [0.4, 0.5) is 11.4 Å². The molecule has 0 unspecified atom stereocenters. The lowest BCUT2D eigenvalue weighted by Gasteiger charge is -2.21. The number of rotatable bonds is 6. The fraction of sp³-hybridized carbons (Fsp3) is 0.467. The molecule has 1 aliphatic carbocycles. The molecule has 5 nitrogen and oxygen atoms in total. The summed E-state index contributed by atoms with van der Waals surface area (Å²) in [5.41, 5.74) is 0.531. The van der Waals surface area contributed by atoms with Crippen molar-refractivity contribution < 1.29 is 14.7 Å². The molecule has 1 amide bonds. The van der Waals surface area contributed by atoms with Crippen LogP contribution in [0.2, 0.25) is 0 Å². The molecule has 0 heterocycles. The van der Waals surface area contributed by atoms with Gasteiger partial charge < -0.3 is 15.3 Å². The van der Waals surface area contributed by atoms with Crippen LogP contribution in [0.1, 0.15) is 26.7 Å². The predicted octanol–water partition coefficient (Wildman–Crippen LogP) is 2.34. The van der Waals surface area contributed by atoms with Crippen LogP contribution < -0.4 is 10.2 Å². The second kappa shape index (κ2) is 5.53. The highest BCUT2D eigenvalue weighted by Gasteiger charge is 2.57. The number of carbonyl (C=O) groups is 2. The number of carboxylic acids is 1. The number of amides is 1. The minimum Gasteiger partial charge on any atom is -0.480 e. The molecule has 2 N–H and O–H groups in total. The molecule has 108 valence electrons. The third kappa shape index (κ3) is 2.61. The Morgan fingerprint density at radius 2 is 1.75 bits per heavy atom. The molecule has 5 heteroatoms. The van der Waals surface area contributed by atoms with Crippen molar-refractivity contribution in [2.45, 2.75) is 26.7 Å². The number of hydrogen-bond acceptors (Lipinski definition) is 3. The van der Waals surface area contributed by atoms with Gasteiger partial charge in [-0.15, -0.1) is 0 Å². The Kier molecular flexibility index (Phi) is 3.97. The van der Waals surface area contributed by atoms with Gasteiger partial charge in [0.05, 0.1) is 0 Å². The minimum absolute atomic E-state index is 0.416. The summed E-state index contributed by atoms with van der Waals surface area (Å²) in [4.78, 5) is 25.2. The van der Waals surface area contributed by atoms with Gasteiger partial charge in [-0.25, -0.2) is 0 Å². The highest BCUT2D eigenvalue weighted by Crippen LogP contribution is 2.46. The van der Waals surface area contributed by atoms with Gasteiger partial charge in [0.1, 0.15) is 5.41 Å². The Morgan fingerprint density at radius 3 is 2.15 bits per heavy atom. The van der Waals surface area contributed by atoms with Crippen LogP contribution in [0.3, 0.4) is 0 Å². The van der Waals surface area contributed by atoms with Gasteiger partial charge in [-0.05, 0) is 51.0 Å². The lowest BCUT2D eigenvalue weighted by atomic mass is 10.1. The average Bonchev–Trinajstić information content (AvgIpc) is 3.23. The number of carbonyl (C=O) groups excluding carboxylic acids is 1. The van der Waals surface area contributed by atoms with Crippen molar-refractivity contribution in [1.29, 1.82) is 0 Å². The maximum absolute atomic E-state index is 12.0. The number of benzene rings is 1. The number of nitrogens with zero attached hydrogens (tertiary/aromatic N) is 1. The molecule has 1 saturated carbocycles. The van der Waals surface area contributed by atoms with E-state index >= 15 is 0 Å². The van der Waals surface area contributed by atoms with Crippen molar-refractivity contribution >= 4 is 23.3 Å². The average molecular weight is 276 g/mol. The van der Waals surface area contributed by atoms with Crippen molar-refractivity contribution in [1.82, 2.24) is 0 Å². The zero-order chi connectivity index (χ0) is 14.8. The standard InChI is InChI=1S/C15H20N2O3/c1-3-17(4-2)12-7-5-11(6-8-12)16-13(18)15(9-10-15)14(19)20/h5-8H,3-4,9-10H2,1-2H3,(H,16,18)(H,19,20). The van der Waals surface area contributed by atoms with E-state index in [9.17, 15) is 9.59 Å². The molecule has 0 saturated heterocycles. The van der Waals surface area contributed by atoms with Gasteiger partial charge >= 0.3 is 5.97 Å². The summed E-state index contributed by atoms with van der Waals surface area (Å²) in [6, 6.07) is 7.48. The predicted molar refractivity (Wildman–Crippen MR) is 77.9 cm³/mol. The Bertz CT molecular complexity index is 502. The van der Waals surface area contributed by atoms with E-state index in [1.807, 2.05) is 24.3 Å². The summed E-state index contributed by atoms with van der Waals surface area (Å²) in [5.74, 6) is -1.45. The van der Waals surface area contributed by atoms with Crippen molar-refractivity contribution in [2.75, 3.05) is 23.3 Å². The normalized spacial score (nSPS) is 15.5. The molecule has 1 aromatic rings. The zero-order valence-electron chi connectivity index (χ0n) is 11.8. The first-order valence-corrected chi connectivity index (χ1v) is 6.93. The molecular weight excluding hydrogens is 256 g/mol. The second-order valence-corrected chi connectivity index (χ2v) is 5.06. The summed E-state index contributed by atoms with van der Waals surface area (Å²) in [7, 11) is 0. The summed E-state index contributed by atoms with van der Waals surface area (Å²) >= 11 is 0. The van der Waals surface area contributed by atoms with Crippen LogP contribution in [0.15, 0.2) is 24.3 Å². The maximum atomic E-state index is 12.0. The van der Waals surface area contributed by atoms with E-state index in [-0.39, 0.29) is 0 Å². The highest BCUT2D eigenvalue weighted by atomic mass is 16.4. The van der Waals surface area contributed by atoms with Gasteiger partial charge in [0, 0.05) is 24.5 Å². The minimum atomic E-state index is -1.20. The van der Waals surface area contributed by atoms with Crippen LogP contribution in [0, 0.1) is 5.41 Å². The number of anilines is 2. The number of hydrogen-bond donors (Lipinski definition) is 2. The Hall–Kier alpha value is -2.04. The smallest absolute Gasteiger partial charge is 0.319 e. The van der Waals surface area contributed by atoms with Gasteiger partial charge in [-0.3, -0.25) is 9.59 Å². The van der Waals surface area contributed by atoms with Gasteiger partial charge in [0.15, 0.2) is 0 Å². The van der Waals surface area contributed by atoms with Crippen LogP contribution in [0.25, 0.3) is 0 Å². The molecule has 0 aliphatic heterocycles. The molecule has 1 aromatic carbocycles. The topological polar surface area (TPSA) is 69.6 Å². The van der Waals surface area contributed by atoms with Crippen LogP contribution in [-0.2, 0) is 9.59 Å². The monoisotopic (exact) mass is 276 g/mol. The van der Waals surface area contributed by atoms with Gasteiger partial charge in [0.2, 0.25) is 5.91 Å². The summed E-state index contributed by atoms with van der Waals surface area (Å²) in [6.45, 7) is 6.01. The largest absolute Gasteiger partial charge is 0.480 e. The molecule has 0 atom stereocenters. The number of aliphatic carboxylic acids is 1. The highest BCUT2D eigenvalue weighted by molar-refractivity contribution is 6.10. The first-order valence-electron chi connectivity index (χ1n) is 6.93. The Labute approximate surface area is 118 Å². The van der Waals surface area contributed by atoms with Crippen LogP contribution in [0.5, 0.6) is 0 Å². The quantitative estimate of drug-likeness (QED) is 0.782. The van der Waals surface area contributed by atoms with Crippen molar-refractivity contribution in [3.8, 4) is 0 Å². The van der Waals surface area contributed by atoms with E-state index in [1.165, 1.54) is 0 Å². The van der Waals surface area contributed by atoms with Crippen LogP contribution >= 0.6 is 0 Å². The molecule has 1 fully saturated rings. The zero-order valence-corrected chi connectivity index (χ0v) is 11.8. The summed E-state index contributed by atoms with van der Waals surface area (Å²) in [5, 5.41) is 11.8. The summed E-state index contributed by atoms with van der Waals surface area (Å²) in [6.07, 6.45) is 0.845. The van der Waals surface area contributed by atoms with Crippen LogP contribution in [-0.4, -0.2) is 30.1 Å². The number of carboxylic acid groups (broad SMARTS) is 1. The van der Waals surface area contributed by atoms with Crippen molar-refractivity contribution in [2.24, 2.45) is 5.41 Å². The lowest BCUT2D eigenvalue weighted by molar-refractivity contribution is -0.147. The Balaban J connectivity index is 2.04. The van der Waals surface area contributed by atoms with E-state index in [1.54, 1.807) is 0 Å². The fourth-order valence-corrected chi connectivity index (χ4v) is 2.26. The van der Waals surface area contributed by atoms with Crippen molar-refractivity contribution in [3.05, 3.63) is 24.3 Å². The second-order valence-electron chi connectivity index (χ2n) is 5.06. The molecule has 1 aliphatic rings. The Morgan fingerprint density at radius 1 is 1.20 bits per heavy atom. The van der Waals surface area contributed by atoms with Gasteiger partial charge in [0.25, 0.3) is 0 Å². The first kappa shape index (κ1) is 14.4. The third-order valence-electron chi connectivity index (χ3n) is 3.85. The molecule has 0 radical (unpaired) electrons. The SMILES string of the molecule is CCN(CC)c1ccc(NC(=O)C2(C(=O)O)CC2)cc1. The van der Waals surface area contributed by atoms with E-state index in [0.29, 0.717) is 18.5 Å². The van der Waals surface area contributed by atoms with E-state index in [4.69, 9.17) is 5.11 Å². The van der Waals surface area contributed by atoms with E-state index in [0.717, 1.165) is 18.8 Å². The molecule has 0 spiro atoms. The molecule has 0 aromatic heterocycles. The summed E-state index contributed by atoms with van der Waals surface area (Å²) < 4.78 is 0. The van der Waals surface area contributed by atoms with Gasteiger partial charge in [-0.1, -0.05) is 0 Å². The fourth-order valence-electron chi connectivity index (χ4n) is 2.26. The number of nitrogens with one attached hydrogen (secondary N) is 1. The first-order chi connectivity index (χ1) is 9.53. The molecule has 0 bridgehead atoms. The lowest BCUT2D eigenvalue weighted by Crippen LogP contribution is -2.31. The molecule has 20 heavy (non-hydrogen) atoms. The van der Waals surface area contributed by atoms with Gasteiger partial charge in [-0.2, -0.15) is 0 Å². The third-order valence-corrected chi connectivity index (χ3v) is 3.85. The molecular formula is C15H20N2O3. The van der Waals surface area contributed by atoms with E-state index < -0.39 is 17.3 Å². The molecule has 2 rings (SSSR count). The van der Waals surface area contributed by atoms with Crippen molar-refractivity contribution in [3.63, 3.8) is 0 Å². The van der Waals surface area contributed by atoms with E-state index in [2.05, 4.69) is 24.1 Å².